The molecule has 4 N–H and O–H groups in total. The van der Waals surface area contributed by atoms with Gasteiger partial charge in [-0.2, -0.15) is 5.26 Å². The van der Waals surface area contributed by atoms with Crippen molar-refractivity contribution in [1.29, 1.82) is 5.26 Å². The Morgan fingerprint density at radius 3 is 2.37 bits per heavy atom. The SMILES string of the molecule is COc1cc(C#N)c(OC2CCC(C)(C(=O)O)CC2)cc1C(=O)N[C@@H]1[C@H]2CC[C@H](C2)[C@@H]1C(=O)NCC1(O)CCCC1. The first-order valence-corrected chi connectivity index (χ1v) is 14.9. The number of methoxy groups -OCH3 is 1. The van der Waals surface area contributed by atoms with Crippen molar-refractivity contribution < 1.29 is 34.1 Å². The predicted octanol–water partition coefficient (Wildman–Crippen LogP) is 3.54. The number of nitriles is 1. The standard InChI is InChI=1S/C31H41N3O7/c1-30(29(37)38)11-7-21(8-12-30)41-23-15-22(24(40-2)14-20(23)16-32)27(35)34-26-19-6-5-18(13-19)25(26)28(36)33-17-31(39)9-3-4-10-31/h14-15,18-19,21,25-26,39H,3-13,17H2,1-2H3,(H,33,36)(H,34,35)(H,37,38)/t18-,19+,21?,25+,26-,30?/m1/s1. The van der Waals surface area contributed by atoms with E-state index in [1.807, 2.05) is 0 Å². The number of aliphatic carboxylic acids is 1. The number of carboxylic acid groups (broad SMARTS) is 1. The first-order chi connectivity index (χ1) is 19.6. The molecule has 1 aromatic rings. The number of ether oxygens (including phenoxy) is 2. The Bertz CT molecular complexity index is 1230. The van der Waals surface area contributed by atoms with Crippen molar-refractivity contribution in [3.05, 3.63) is 23.3 Å². The molecule has 4 atom stereocenters. The van der Waals surface area contributed by atoms with Gasteiger partial charge in [0, 0.05) is 18.7 Å². The van der Waals surface area contributed by atoms with Crippen molar-refractivity contribution in [2.75, 3.05) is 13.7 Å². The summed E-state index contributed by atoms with van der Waals surface area (Å²) in [5.74, 6) is -0.830. The number of hydrogen-bond donors (Lipinski definition) is 4. The summed E-state index contributed by atoms with van der Waals surface area (Å²) in [6.45, 7) is 1.97. The number of carbonyl (C=O) groups is 3. The van der Waals surface area contributed by atoms with Gasteiger partial charge in [-0.05, 0) is 82.6 Å². The van der Waals surface area contributed by atoms with E-state index in [1.165, 1.54) is 19.2 Å². The van der Waals surface area contributed by atoms with Crippen LogP contribution in [0.25, 0.3) is 0 Å². The molecule has 4 saturated carbocycles. The first-order valence-electron chi connectivity index (χ1n) is 14.9. The molecule has 2 bridgehead atoms. The lowest BCUT2D eigenvalue weighted by Crippen LogP contribution is -2.52. The van der Waals surface area contributed by atoms with Crippen molar-refractivity contribution in [1.82, 2.24) is 10.6 Å². The van der Waals surface area contributed by atoms with Gasteiger partial charge in [0.15, 0.2) is 0 Å². The van der Waals surface area contributed by atoms with E-state index in [1.54, 1.807) is 6.92 Å². The van der Waals surface area contributed by atoms with Gasteiger partial charge in [-0.15, -0.1) is 0 Å². The average molecular weight is 568 g/mol. The van der Waals surface area contributed by atoms with E-state index in [2.05, 4.69) is 16.7 Å². The van der Waals surface area contributed by atoms with Gasteiger partial charge in [0.25, 0.3) is 5.91 Å². The molecule has 4 fully saturated rings. The maximum absolute atomic E-state index is 13.7. The molecule has 0 spiro atoms. The summed E-state index contributed by atoms with van der Waals surface area (Å²) >= 11 is 0. The Kier molecular flexibility index (Phi) is 8.20. The number of hydrogen-bond acceptors (Lipinski definition) is 7. The Labute approximate surface area is 240 Å². The van der Waals surface area contributed by atoms with Crippen molar-refractivity contribution in [3.63, 3.8) is 0 Å². The van der Waals surface area contributed by atoms with E-state index in [9.17, 15) is 29.9 Å². The molecule has 4 aliphatic carbocycles. The quantitative estimate of drug-likeness (QED) is 0.353. The number of amides is 2. The summed E-state index contributed by atoms with van der Waals surface area (Å²) in [6.07, 6.45) is 7.76. The third kappa shape index (κ3) is 5.87. The van der Waals surface area contributed by atoms with E-state index < -0.39 is 22.9 Å². The molecule has 10 heteroatoms. The van der Waals surface area contributed by atoms with Crippen LogP contribution in [0, 0.1) is 34.5 Å². The molecule has 4 aliphatic rings. The lowest BCUT2D eigenvalue weighted by Gasteiger charge is -2.34. The average Bonchev–Trinajstić information content (AvgIpc) is 3.70. The van der Waals surface area contributed by atoms with Crippen LogP contribution in [0.1, 0.15) is 93.5 Å². The molecule has 0 saturated heterocycles. The molecule has 0 unspecified atom stereocenters. The molecule has 0 radical (unpaired) electrons. The highest BCUT2D eigenvalue weighted by molar-refractivity contribution is 5.98. The summed E-state index contributed by atoms with van der Waals surface area (Å²) in [6, 6.07) is 4.79. The van der Waals surface area contributed by atoms with E-state index in [4.69, 9.17) is 9.47 Å². The fraction of sp³-hybridized carbons (Fsp3) is 0.677. The third-order valence-corrected chi connectivity index (χ3v) is 10.2. The molecule has 0 heterocycles. The van der Waals surface area contributed by atoms with E-state index in [0.29, 0.717) is 38.5 Å². The summed E-state index contributed by atoms with van der Waals surface area (Å²) in [5, 5.41) is 36.1. The Morgan fingerprint density at radius 2 is 1.73 bits per heavy atom. The summed E-state index contributed by atoms with van der Waals surface area (Å²) in [7, 11) is 1.43. The zero-order valence-corrected chi connectivity index (χ0v) is 23.9. The molecule has 0 aliphatic heterocycles. The molecular weight excluding hydrogens is 526 g/mol. The third-order valence-electron chi connectivity index (χ3n) is 10.2. The highest BCUT2D eigenvalue weighted by Gasteiger charge is 2.52. The maximum Gasteiger partial charge on any atom is 0.309 e. The molecule has 1 aromatic carbocycles. The Balaban J connectivity index is 1.31. The monoisotopic (exact) mass is 567 g/mol. The number of carboxylic acids is 1. The minimum atomic E-state index is -0.844. The van der Waals surface area contributed by atoms with Crippen molar-refractivity contribution in [2.45, 2.75) is 95.3 Å². The number of rotatable bonds is 9. The van der Waals surface area contributed by atoms with Gasteiger partial charge in [-0.25, -0.2) is 0 Å². The van der Waals surface area contributed by atoms with Crippen LogP contribution in [0.2, 0.25) is 0 Å². The number of nitrogens with zero attached hydrogens (tertiary/aromatic N) is 1. The van der Waals surface area contributed by atoms with Crippen molar-refractivity contribution in [3.8, 4) is 17.6 Å². The van der Waals surface area contributed by atoms with Crippen LogP contribution in [0.4, 0.5) is 0 Å². The smallest absolute Gasteiger partial charge is 0.309 e. The second-order valence-corrected chi connectivity index (χ2v) is 12.9. The van der Waals surface area contributed by atoms with E-state index in [0.717, 1.165) is 32.1 Å². The molecule has 5 rings (SSSR count). The largest absolute Gasteiger partial charge is 0.496 e. The number of fused-ring (bicyclic) bond motifs is 2. The van der Waals surface area contributed by atoms with Crippen LogP contribution in [-0.2, 0) is 9.59 Å². The summed E-state index contributed by atoms with van der Waals surface area (Å²) in [4.78, 5) is 38.6. The van der Waals surface area contributed by atoms with Gasteiger partial charge in [0.2, 0.25) is 5.91 Å². The normalized spacial score (nSPS) is 31.7. The molecule has 10 nitrogen and oxygen atoms in total. The van der Waals surface area contributed by atoms with Crippen molar-refractivity contribution >= 4 is 17.8 Å². The Hall–Kier alpha value is -3.32. The minimum Gasteiger partial charge on any atom is -0.496 e. The molecular formula is C31H41N3O7. The van der Waals surface area contributed by atoms with Gasteiger partial charge in [0.1, 0.15) is 17.6 Å². The zero-order chi connectivity index (χ0) is 29.4. The van der Waals surface area contributed by atoms with E-state index >= 15 is 0 Å². The minimum absolute atomic E-state index is 0.121. The fourth-order valence-corrected chi connectivity index (χ4v) is 7.52. The number of nitrogens with one attached hydrogen (secondary N) is 2. The summed E-state index contributed by atoms with van der Waals surface area (Å²) in [5.41, 5.74) is -1.19. The molecule has 41 heavy (non-hydrogen) atoms. The van der Waals surface area contributed by atoms with Crippen LogP contribution >= 0.6 is 0 Å². The van der Waals surface area contributed by atoms with Gasteiger partial charge >= 0.3 is 5.97 Å². The lowest BCUT2D eigenvalue weighted by molar-refractivity contribution is -0.150. The van der Waals surface area contributed by atoms with Gasteiger partial charge in [-0.3, -0.25) is 14.4 Å². The second-order valence-electron chi connectivity index (χ2n) is 12.9. The highest BCUT2D eigenvalue weighted by Crippen LogP contribution is 2.49. The number of aliphatic hydroxyl groups is 1. The molecule has 222 valence electrons. The van der Waals surface area contributed by atoms with Crippen LogP contribution in [-0.4, -0.2) is 59.4 Å². The number of benzene rings is 1. The first kappa shape index (κ1) is 29.2. The number of carbonyl (C=O) groups excluding carboxylic acids is 2. The maximum atomic E-state index is 13.7. The van der Waals surface area contributed by atoms with Crippen molar-refractivity contribution in [2.24, 2.45) is 23.2 Å². The van der Waals surface area contributed by atoms with Gasteiger partial charge in [-0.1, -0.05) is 12.8 Å². The van der Waals surface area contributed by atoms with E-state index in [-0.39, 0.29) is 65.0 Å². The zero-order valence-electron chi connectivity index (χ0n) is 23.9. The molecule has 0 aromatic heterocycles. The lowest BCUT2D eigenvalue weighted by atomic mass is 9.75. The fourth-order valence-electron chi connectivity index (χ4n) is 7.52. The topological polar surface area (TPSA) is 158 Å². The second kappa shape index (κ2) is 11.5. The Morgan fingerprint density at radius 1 is 1.05 bits per heavy atom. The summed E-state index contributed by atoms with van der Waals surface area (Å²) < 4.78 is 11.6. The van der Waals surface area contributed by atoms with Crippen LogP contribution in [0.3, 0.4) is 0 Å². The highest BCUT2D eigenvalue weighted by atomic mass is 16.5. The molecule has 2 amide bonds. The van der Waals surface area contributed by atoms with Crippen LogP contribution in [0.15, 0.2) is 12.1 Å². The van der Waals surface area contributed by atoms with Gasteiger partial charge < -0.3 is 30.3 Å². The van der Waals surface area contributed by atoms with Crippen LogP contribution in [0.5, 0.6) is 11.5 Å². The predicted molar refractivity (Wildman–Crippen MR) is 148 cm³/mol. The van der Waals surface area contributed by atoms with Gasteiger partial charge in [0.05, 0.1) is 41.3 Å². The van der Waals surface area contributed by atoms with Crippen LogP contribution < -0.4 is 20.1 Å².